The van der Waals surface area contributed by atoms with Gasteiger partial charge >= 0.3 is 5.97 Å². The number of H-pyrrole nitrogens is 1. The highest BCUT2D eigenvalue weighted by atomic mass is 16.4. The number of benzene rings is 1. The highest BCUT2D eigenvalue weighted by molar-refractivity contribution is 5.98. The van der Waals surface area contributed by atoms with Crippen molar-refractivity contribution in [1.82, 2.24) is 25.9 Å². The second kappa shape index (κ2) is 5.08. The quantitative estimate of drug-likeness (QED) is 0.745. The molecule has 0 aliphatic heterocycles. The van der Waals surface area contributed by atoms with Gasteiger partial charge in [-0.3, -0.25) is 4.79 Å². The van der Waals surface area contributed by atoms with Crippen molar-refractivity contribution in [2.45, 2.75) is 19.4 Å². The van der Waals surface area contributed by atoms with E-state index in [9.17, 15) is 9.59 Å². The highest BCUT2D eigenvalue weighted by Gasteiger charge is 2.29. The van der Waals surface area contributed by atoms with Crippen LogP contribution in [0.1, 0.15) is 24.2 Å². The molecule has 1 heterocycles. The smallest absolute Gasteiger partial charge is 0.328 e. The molecule has 20 heavy (non-hydrogen) atoms. The van der Waals surface area contributed by atoms with Gasteiger partial charge in [0, 0.05) is 11.1 Å². The van der Waals surface area contributed by atoms with Crippen LogP contribution in [0.25, 0.3) is 11.4 Å². The Morgan fingerprint density at radius 2 is 2.10 bits per heavy atom. The van der Waals surface area contributed by atoms with E-state index in [0.29, 0.717) is 17.0 Å². The van der Waals surface area contributed by atoms with Crippen molar-refractivity contribution in [1.29, 1.82) is 0 Å². The predicted molar refractivity (Wildman–Crippen MR) is 68.8 cm³/mol. The lowest BCUT2D eigenvalue weighted by Gasteiger charge is -2.21. The number of carboxylic acid groups (broad SMARTS) is 1. The van der Waals surface area contributed by atoms with Gasteiger partial charge in [-0.15, -0.1) is 10.2 Å². The summed E-state index contributed by atoms with van der Waals surface area (Å²) in [7, 11) is 0. The molecule has 0 saturated heterocycles. The van der Waals surface area contributed by atoms with Gasteiger partial charge in [0.05, 0.1) is 0 Å². The lowest BCUT2D eigenvalue weighted by Crippen LogP contribution is -2.49. The van der Waals surface area contributed by atoms with Gasteiger partial charge in [-0.05, 0) is 31.2 Å². The lowest BCUT2D eigenvalue weighted by atomic mass is 10.0. The number of hydrogen-bond acceptors (Lipinski definition) is 5. The van der Waals surface area contributed by atoms with Crippen LogP contribution in [0.3, 0.4) is 0 Å². The van der Waals surface area contributed by atoms with E-state index in [4.69, 9.17) is 5.11 Å². The van der Waals surface area contributed by atoms with Gasteiger partial charge in [0.2, 0.25) is 5.82 Å². The van der Waals surface area contributed by atoms with Crippen LogP contribution in [0, 0.1) is 0 Å². The van der Waals surface area contributed by atoms with Crippen LogP contribution in [-0.4, -0.2) is 43.1 Å². The minimum absolute atomic E-state index is 0.321. The van der Waals surface area contributed by atoms with Gasteiger partial charge < -0.3 is 10.4 Å². The SMILES string of the molecule is CC(C)(NC(=O)c1cccc(-c2nn[nH]n2)c1)C(=O)O. The number of tetrazole rings is 1. The fourth-order valence-electron chi connectivity index (χ4n) is 1.49. The van der Waals surface area contributed by atoms with E-state index >= 15 is 0 Å². The number of nitrogens with zero attached hydrogens (tertiary/aromatic N) is 3. The first kappa shape index (κ1) is 13.7. The fraction of sp³-hybridized carbons (Fsp3) is 0.250. The standard InChI is InChI=1S/C12H13N5O3/c1-12(2,11(19)20)13-10(18)8-5-3-4-7(6-8)9-14-16-17-15-9/h3-6H,1-2H3,(H,13,18)(H,19,20)(H,14,15,16,17). The minimum atomic E-state index is -1.35. The zero-order valence-corrected chi connectivity index (χ0v) is 10.9. The number of rotatable bonds is 4. The van der Waals surface area contributed by atoms with E-state index < -0.39 is 17.4 Å². The molecule has 0 unspecified atom stereocenters. The molecule has 3 N–H and O–H groups in total. The van der Waals surface area contributed by atoms with Crippen LogP contribution in [0.2, 0.25) is 0 Å². The number of aromatic nitrogens is 4. The topological polar surface area (TPSA) is 121 Å². The number of nitrogens with one attached hydrogen (secondary N) is 2. The number of hydrogen-bond donors (Lipinski definition) is 3. The van der Waals surface area contributed by atoms with E-state index in [1.54, 1.807) is 24.3 Å². The van der Waals surface area contributed by atoms with E-state index in [0.717, 1.165) is 0 Å². The van der Waals surface area contributed by atoms with Crippen LogP contribution in [0.5, 0.6) is 0 Å². The molecule has 0 atom stereocenters. The van der Waals surface area contributed by atoms with Crippen molar-refractivity contribution in [3.8, 4) is 11.4 Å². The monoisotopic (exact) mass is 275 g/mol. The molecule has 0 aliphatic carbocycles. The number of aromatic amines is 1. The Balaban J connectivity index is 2.24. The third kappa shape index (κ3) is 2.79. The van der Waals surface area contributed by atoms with Crippen LogP contribution in [0.15, 0.2) is 24.3 Å². The van der Waals surface area contributed by atoms with E-state index in [-0.39, 0.29) is 0 Å². The molecule has 2 aromatic rings. The van der Waals surface area contributed by atoms with Gasteiger partial charge in [-0.1, -0.05) is 12.1 Å². The lowest BCUT2D eigenvalue weighted by molar-refractivity contribution is -0.143. The summed E-state index contributed by atoms with van der Waals surface area (Å²) in [6.45, 7) is 2.83. The first-order valence-electron chi connectivity index (χ1n) is 5.80. The Labute approximate surface area is 114 Å². The normalized spacial score (nSPS) is 11.1. The average molecular weight is 275 g/mol. The summed E-state index contributed by atoms with van der Waals surface area (Å²) in [5, 5.41) is 24.8. The summed E-state index contributed by atoms with van der Waals surface area (Å²) < 4.78 is 0. The number of carbonyl (C=O) groups is 2. The maximum Gasteiger partial charge on any atom is 0.328 e. The van der Waals surface area contributed by atoms with E-state index in [1.807, 2.05) is 0 Å². The molecular weight excluding hydrogens is 262 g/mol. The number of aliphatic carboxylic acids is 1. The van der Waals surface area contributed by atoms with Crippen molar-refractivity contribution >= 4 is 11.9 Å². The average Bonchev–Trinajstić information content (AvgIpc) is 2.92. The number of amides is 1. The van der Waals surface area contributed by atoms with Crippen molar-refractivity contribution in [3.05, 3.63) is 29.8 Å². The maximum atomic E-state index is 12.0. The highest BCUT2D eigenvalue weighted by Crippen LogP contribution is 2.15. The van der Waals surface area contributed by atoms with Crippen LogP contribution >= 0.6 is 0 Å². The Morgan fingerprint density at radius 3 is 2.70 bits per heavy atom. The Hall–Kier alpha value is -2.77. The first-order chi connectivity index (χ1) is 9.40. The second-order valence-electron chi connectivity index (χ2n) is 4.70. The molecule has 8 heteroatoms. The van der Waals surface area contributed by atoms with Crippen LogP contribution < -0.4 is 5.32 Å². The summed E-state index contributed by atoms with van der Waals surface area (Å²) in [4.78, 5) is 23.0. The molecule has 1 aromatic carbocycles. The van der Waals surface area contributed by atoms with Gasteiger partial charge in [-0.25, -0.2) is 4.79 Å². The molecule has 0 radical (unpaired) electrons. The Kier molecular flexibility index (Phi) is 3.47. The predicted octanol–water partition coefficient (Wildman–Crippen LogP) is 0.460. The van der Waals surface area contributed by atoms with Crippen molar-refractivity contribution in [3.63, 3.8) is 0 Å². The fourth-order valence-corrected chi connectivity index (χ4v) is 1.49. The van der Waals surface area contributed by atoms with Crippen molar-refractivity contribution < 1.29 is 14.7 Å². The Morgan fingerprint density at radius 1 is 1.35 bits per heavy atom. The second-order valence-corrected chi connectivity index (χ2v) is 4.70. The zero-order chi connectivity index (χ0) is 14.8. The molecule has 0 aliphatic rings. The molecule has 2 rings (SSSR count). The third-order valence-corrected chi connectivity index (χ3v) is 2.69. The molecule has 0 spiro atoms. The largest absolute Gasteiger partial charge is 0.480 e. The molecule has 1 aromatic heterocycles. The van der Waals surface area contributed by atoms with Gasteiger partial charge in [0.15, 0.2) is 0 Å². The summed E-state index contributed by atoms with van der Waals surface area (Å²) in [6.07, 6.45) is 0. The van der Waals surface area contributed by atoms with E-state index in [2.05, 4.69) is 25.9 Å². The number of carbonyl (C=O) groups excluding carboxylic acids is 1. The summed E-state index contributed by atoms with van der Waals surface area (Å²) in [6, 6.07) is 6.54. The first-order valence-corrected chi connectivity index (χ1v) is 5.80. The van der Waals surface area contributed by atoms with E-state index in [1.165, 1.54) is 13.8 Å². The van der Waals surface area contributed by atoms with Gasteiger partial charge in [0.1, 0.15) is 5.54 Å². The number of carboxylic acids is 1. The molecule has 8 nitrogen and oxygen atoms in total. The summed E-state index contributed by atoms with van der Waals surface area (Å²) in [5.41, 5.74) is -0.416. The Bertz CT molecular complexity index is 636. The summed E-state index contributed by atoms with van der Waals surface area (Å²) in [5.74, 6) is -1.24. The molecule has 0 fully saturated rings. The van der Waals surface area contributed by atoms with Crippen LogP contribution in [-0.2, 0) is 4.79 Å². The zero-order valence-electron chi connectivity index (χ0n) is 10.9. The van der Waals surface area contributed by atoms with Crippen molar-refractivity contribution in [2.75, 3.05) is 0 Å². The van der Waals surface area contributed by atoms with Gasteiger partial charge in [0.25, 0.3) is 5.91 Å². The molecule has 0 saturated carbocycles. The molecule has 0 bridgehead atoms. The molecule has 104 valence electrons. The van der Waals surface area contributed by atoms with Crippen molar-refractivity contribution in [2.24, 2.45) is 0 Å². The molecular formula is C12H13N5O3. The minimum Gasteiger partial charge on any atom is -0.480 e. The third-order valence-electron chi connectivity index (χ3n) is 2.69. The maximum absolute atomic E-state index is 12.0. The van der Waals surface area contributed by atoms with Crippen LogP contribution in [0.4, 0.5) is 0 Å². The summed E-state index contributed by atoms with van der Waals surface area (Å²) >= 11 is 0. The molecule has 1 amide bonds. The van der Waals surface area contributed by atoms with Gasteiger partial charge in [-0.2, -0.15) is 5.21 Å².